The lowest BCUT2D eigenvalue weighted by molar-refractivity contribution is 0.193. The van der Waals surface area contributed by atoms with Crippen molar-refractivity contribution in [2.75, 3.05) is 5.32 Å². The van der Waals surface area contributed by atoms with Crippen molar-refractivity contribution in [3.63, 3.8) is 0 Å². The van der Waals surface area contributed by atoms with Crippen molar-refractivity contribution in [3.8, 4) is 0 Å². The maximum Gasteiger partial charge on any atom is 0.290 e. The average molecular weight is 389 g/mol. The van der Waals surface area contributed by atoms with Crippen molar-refractivity contribution in [2.45, 2.75) is 70.6 Å². The molecule has 0 bridgehead atoms. The van der Waals surface area contributed by atoms with Gasteiger partial charge in [0.2, 0.25) is 0 Å². The van der Waals surface area contributed by atoms with Gasteiger partial charge in [-0.2, -0.15) is 0 Å². The molecule has 1 saturated carbocycles. The number of nitrogens with one attached hydrogen (secondary N) is 1. The molecule has 1 fully saturated rings. The van der Waals surface area contributed by atoms with E-state index in [9.17, 15) is 0 Å². The SMILES string of the molecule is CC(C)(C)n1nnnc1C1OC(=NC2CCCCC2)Nc2cc(Cl)ccc21. The first-order chi connectivity index (χ1) is 12.9. The Morgan fingerprint density at radius 2 is 2.00 bits per heavy atom. The van der Waals surface area contributed by atoms with Gasteiger partial charge in [-0.25, -0.2) is 9.67 Å². The highest BCUT2D eigenvalue weighted by molar-refractivity contribution is 6.31. The molecule has 1 aliphatic heterocycles. The number of aliphatic imine (C=N–C) groups is 1. The van der Waals surface area contributed by atoms with Gasteiger partial charge in [0, 0.05) is 10.6 Å². The van der Waals surface area contributed by atoms with Crippen LogP contribution in [0.15, 0.2) is 23.2 Å². The van der Waals surface area contributed by atoms with E-state index in [-0.39, 0.29) is 5.54 Å². The molecule has 8 heteroatoms. The number of rotatable bonds is 2. The van der Waals surface area contributed by atoms with Crippen LogP contribution in [0.3, 0.4) is 0 Å². The normalized spacial score (nSPS) is 22.2. The Balaban J connectivity index is 1.74. The van der Waals surface area contributed by atoms with E-state index in [1.807, 2.05) is 18.2 Å². The summed E-state index contributed by atoms with van der Waals surface area (Å²) >= 11 is 6.23. The van der Waals surface area contributed by atoms with E-state index in [2.05, 4.69) is 41.6 Å². The second kappa shape index (κ2) is 7.11. The minimum atomic E-state index is -0.435. The zero-order valence-electron chi connectivity index (χ0n) is 15.9. The molecule has 1 atom stereocenters. The number of hydrogen-bond donors (Lipinski definition) is 1. The fourth-order valence-corrected chi connectivity index (χ4v) is 3.82. The minimum Gasteiger partial charge on any atom is -0.448 e. The van der Waals surface area contributed by atoms with Gasteiger partial charge < -0.3 is 10.1 Å². The summed E-state index contributed by atoms with van der Waals surface area (Å²) in [5.41, 5.74) is 1.57. The summed E-state index contributed by atoms with van der Waals surface area (Å²) in [6, 6.07) is 6.52. The largest absolute Gasteiger partial charge is 0.448 e. The van der Waals surface area contributed by atoms with Crippen LogP contribution < -0.4 is 5.32 Å². The lowest BCUT2D eigenvalue weighted by Crippen LogP contribution is -2.33. The highest BCUT2D eigenvalue weighted by Gasteiger charge is 2.34. The lowest BCUT2D eigenvalue weighted by Gasteiger charge is -2.31. The van der Waals surface area contributed by atoms with Crippen LogP contribution in [0.2, 0.25) is 5.02 Å². The number of tetrazole rings is 1. The second-order valence-electron chi connectivity index (χ2n) is 8.20. The molecule has 144 valence electrons. The van der Waals surface area contributed by atoms with Gasteiger partial charge in [0.15, 0.2) is 11.9 Å². The number of benzene rings is 1. The molecule has 0 amide bonds. The van der Waals surface area contributed by atoms with Gasteiger partial charge in [-0.15, -0.1) is 5.10 Å². The van der Waals surface area contributed by atoms with E-state index in [0.29, 0.717) is 22.9 Å². The third kappa shape index (κ3) is 3.78. The molecule has 0 spiro atoms. The highest BCUT2D eigenvalue weighted by atomic mass is 35.5. The van der Waals surface area contributed by atoms with Crippen LogP contribution in [0, 0.1) is 0 Å². The Bertz CT molecular complexity index is 850. The van der Waals surface area contributed by atoms with Crippen LogP contribution in [0.4, 0.5) is 5.69 Å². The van der Waals surface area contributed by atoms with Gasteiger partial charge in [0.25, 0.3) is 6.02 Å². The molecule has 0 saturated heterocycles. The first-order valence-corrected chi connectivity index (χ1v) is 9.89. The van der Waals surface area contributed by atoms with Gasteiger partial charge in [0.1, 0.15) is 0 Å². The molecule has 27 heavy (non-hydrogen) atoms. The van der Waals surface area contributed by atoms with E-state index in [1.165, 1.54) is 19.3 Å². The number of ether oxygens (including phenoxy) is 1. The topological polar surface area (TPSA) is 77.2 Å². The zero-order valence-corrected chi connectivity index (χ0v) is 16.7. The first-order valence-electron chi connectivity index (χ1n) is 9.51. The molecule has 7 nitrogen and oxygen atoms in total. The van der Waals surface area contributed by atoms with E-state index in [1.54, 1.807) is 4.68 Å². The monoisotopic (exact) mass is 388 g/mol. The molecule has 0 radical (unpaired) electrons. The van der Waals surface area contributed by atoms with Gasteiger partial charge in [-0.1, -0.05) is 36.9 Å². The second-order valence-corrected chi connectivity index (χ2v) is 8.64. The zero-order chi connectivity index (χ0) is 19.0. The fraction of sp³-hybridized carbons (Fsp3) is 0.579. The average Bonchev–Trinajstić information content (AvgIpc) is 3.11. The molecular weight excluding hydrogens is 364 g/mol. The van der Waals surface area contributed by atoms with Crippen LogP contribution in [0.1, 0.15) is 70.4 Å². The molecule has 1 aromatic heterocycles. The summed E-state index contributed by atoms with van der Waals surface area (Å²) in [5.74, 6) is 0.656. The Morgan fingerprint density at radius 1 is 1.22 bits per heavy atom. The van der Waals surface area contributed by atoms with Crippen LogP contribution >= 0.6 is 11.6 Å². The number of hydrogen-bond acceptors (Lipinski definition) is 5. The van der Waals surface area contributed by atoms with Crippen molar-refractivity contribution < 1.29 is 4.74 Å². The number of halogens is 1. The molecule has 1 unspecified atom stereocenters. The van der Waals surface area contributed by atoms with Crippen LogP contribution in [0.5, 0.6) is 0 Å². The number of amidine groups is 1. The summed E-state index contributed by atoms with van der Waals surface area (Å²) in [7, 11) is 0. The van der Waals surface area contributed by atoms with Gasteiger partial charge in [-0.05, 0) is 56.2 Å². The van der Waals surface area contributed by atoms with Crippen molar-refractivity contribution in [3.05, 3.63) is 34.6 Å². The predicted octanol–water partition coefficient (Wildman–Crippen LogP) is 4.30. The van der Waals surface area contributed by atoms with Crippen molar-refractivity contribution >= 4 is 23.3 Å². The summed E-state index contributed by atoms with van der Waals surface area (Å²) < 4.78 is 8.07. The van der Waals surface area contributed by atoms with Crippen molar-refractivity contribution in [2.24, 2.45) is 4.99 Å². The van der Waals surface area contributed by atoms with Crippen LogP contribution in [-0.2, 0) is 10.3 Å². The van der Waals surface area contributed by atoms with Gasteiger partial charge >= 0.3 is 0 Å². The number of nitrogens with zero attached hydrogens (tertiary/aromatic N) is 5. The molecule has 2 aromatic rings. The van der Waals surface area contributed by atoms with Gasteiger partial charge in [-0.3, -0.25) is 0 Å². The third-order valence-corrected chi connectivity index (χ3v) is 5.24. The Hall–Kier alpha value is -2.15. The maximum absolute atomic E-state index is 6.27. The van der Waals surface area contributed by atoms with E-state index in [0.717, 1.165) is 24.1 Å². The van der Waals surface area contributed by atoms with Crippen molar-refractivity contribution in [1.82, 2.24) is 20.2 Å². The summed E-state index contributed by atoms with van der Waals surface area (Å²) in [5, 5.41) is 16.3. The Kier molecular flexibility index (Phi) is 4.80. The summed E-state index contributed by atoms with van der Waals surface area (Å²) in [6.07, 6.45) is 5.49. The molecular formula is C19H25ClN6O. The standard InChI is InChI=1S/C19H25ClN6O/c1-19(2,3)26-17(23-24-25-26)16-14-10-9-12(20)11-15(14)22-18(27-16)21-13-7-5-4-6-8-13/h9-11,13,16H,4-8H2,1-3H3,(H,21,22). The molecule has 1 aliphatic carbocycles. The number of fused-ring (bicyclic) bond motifs is 1. The maximum atomic E-state index is 6.27. The highest BCUT2D eigenvalue weighted by Crippen LogP contribution is 2.37. The predicted molar refractivity (Wildman–Crippen MR) is 105 cm³/mol. The van der Waals surface area contributed by atoms with Crippen LogP contribution in [-0.4, -0.2) is 32.3 Å². The molecule has 1 aromatic carbocycles. The van der Waals surface area contributed by atoms with E-state index in [4.69, 9.17) is 21.3 Å². The molecule has 1 N–H and O–H groups in total. The first kappa shape index (κ1) is 18.2. The van der Waals surface area contributed by atoms with Crippen molar-refractivity contribution in [1.29, 1.82) is 0 Å². The third-order valence-electron chi connectivity index (χ3n) is 5.01. The summed E-state index contributed by atoms with van der Waals surface area (Å²) in [6.45, 7) is 6.19. The van der Waals surface area contributed by atoms with E-state index >= 15 is 0 Å². The number of anilines is 1. The van der Waals surface area contributed by atoms with Gasteiger partial charge in [0.05, 0.1) is 17.3 Å². The van der Waals surface area contributed by atoms with Crippen LogP contribution in [0.25, 0.3) is 0 Å². The molecule has 4 rings (SSSR count). The van der Waals surface area contributed by atoms with E-state index < -0.39 is 6.10 Å². The fourth-order valence-electron chi connectivity index (χ4n) is 3.65. The quantitative estimate of drug-likeness (QED) is 0.829. The Morgan fingerprint density at radius 3 is 2.74 bits per heavy atom. The summed E-state index contributed by atoms with van der Waals surface area (Å²) in [4.78, 5) is 4.84. The molecule has 2 heterocycles. The lowest BCUT2D eigenvalue weighted by atomic mass is 9.96. The minimum absolute atomic E-state index is 0.264. The number of aromatic nitrogens is 4. The Labute approximate surface area is 164 Å². The molecule has 2 aliphatic rings. The smallest absolute Gasteiger partial charge is 0.290 e.